The summed E-state index contributed by atoms with van der Waals surface area (Å²) in [6.45, 7) is 8.80. The van der Waals surface area contributed by atoms with Gasteiger partial charge in [0.15, 0.2) is 9.84 Å². The molecule has 0 bridgehead atoms. The van der Waals surface area contributed by atoms with Crippen LogP contribution in [0.4, 0.5) is 11.4 Å². The van der Waals surface area contributed by atoms with Gasteiger partial charge in [-0.25, -0.2) is 8.42 Å². The normalized spacial score (nSPS) is 18.8. The topological polar surface area (TPSA) is 78.5 Å². The number of aryl methyl sites for hydroxylation is 1. The molecule has 1 aliphatic rings. The molecule has 0 spiro atoms. The third kappa shape index (κ3) is 5.63. The molecule has 1 unspecified atom stereocenters. The summed E-state index contributed by atoms with van der Waals surface area (Å²) in [6.07, 6.45) is 0.848. The Labute approximate surface area is 150 Å². The number of amides is 1. The Morgan fingerprint density at radius 1 is 1.28 bits per heavy atom. The Hall–Kier alpha value is -1.76. The van der Waals surface area contributed by atoms with Gasteiger partial charge < -0.3 is 15.5 Å². The summed E-state index contributed by atoms with van der Waals surface area (Å²) in [7, 11) is -2.96. The Balaban J connectivity index is 1.80. The molecule has 1 fully saturated rings. The summed E-state index contributed by atoms with van der Waals surface area (Å²) >= 11 is 0. The molecule has 1 atom stereocenters. The minimum Gasteiger partial charge on any atom is -0.384 e. The minimum absolute atomic E-state index is 0.0676. The van der Waals surface area contributed by atoms with Crippen LogP contribution in [-0.4, -0.2) is 51.5 Å². The quantitative estimate of drug-likeness (QED) is 0.734. The van der Waals surface area contributed by atoms with Gasteiger partial charge in [0.2, 0.25) is 5.91 Å². The van der Waals surface area contributed by atoms with Crippen LogP contribution in [0.2, 0.25) is 0 Å². The van der Waals surface area contributed by atoms with Crippen molar-refractivity contribution < 1.29 is 13.2 Å². The van der Waals surface area contributed by atoms with Crippen molar-refractivity contribution in [1.82, 2.24) is 5.32 Å². The van der Waals surface area contributed by atoms with E-state index in [9.17, 15) is 13.2 Å². The van der Waals surface area contributed by atoms with E-state index in [2.05, 4.69) is 48.4 Å². The third-order valence-corrected chi connectivity index (χ3v) is 6.37. The van der Waals surface area contributed by atoms with Crippen molar-refractivity contribution in [3.05, 3.63) is 23.8 Å². The van der Waals surface area contributed by atoms with E-state index in [-0.39, 0.29) is 23.5 Å². The van der Waals surface area contributed by atoms with Crippen molar-refractivity contribution in [2.75, 3.05) is 41.4 Å². The first-order chi connectivity index (χ1) is 11.8. The lowest BCUT2D eigenvalue weighted by molar-refractivity contribution is -0.121. The zero-order chi connectivity index (χ0) is 18.4. The molecular formula is C18H29N3O3S. The van der Waals surface area contributed by atoms with E-state index in [1.165, 1.54) is 5.69 Å². The van der Waals surface area contributed by atoms with Crippen molar-refractivity contribution in [3.63, 3.8) is 0 Å². The molecule has 1 aromatic rings. The van der Waals surface area contributed by atoms with Gasteiger partial charge in [-0.2, -0.15) is 0 Å². The lowest BCUT2D eigenvalue weighted by Gasteiger charge is -2.22. The maximum absolute atomic E-state index is 12.0. The van der Waals surface area contributed by atoms with Crippen LogP contribution in [0.15, 0.2) is 18.2 Å². The predicted octanol–water partition coefficient (Wildman–Crippen LogP) is 1.95. The zero-order valence-corrected chi connectivity index (χ0v) is 16.2. The fourth-order valence-electron chi connectivity index (χ4n) is 3.15. The summed E-state index contributed by atoms with van der Waals surface area (Å²) in [6, 6.07) is 6.06. The Morgan fingerprint density at radius 3 is 2.56 bits per heavy atom. The van der Waals surface area contributed by atoms with Crippen LogP contribution in [-0.2, 0) is 14.6 Å². The molecule has 0 aliphatic carbocycles. The zero-order valence-electron chi connectivity index (χ0n) is 15.3. The number of nitrogens with one attached hydrogen (secondary N) is 2. The largest absolute Gasteiger partial charge is 0.384 e. The maximum atomic E-state index is 12.0. The monoisotopic (exact) mass is 367 g/mol. The van der Waals surface area contributed by atoms with Crippen LogP contribution >= 0.6 is 0 Å². The third-order valence-electron chi connectivity index (χ3n) is 4.60. The summed E-state index contributed by atoms with van der Waals surface area (Å²) in [5, 5.41) is 6.10. The lowest BCUT2D eigenvalue weighted by atomic mass is 10.1. The van der Waals surface area contributed by atoms with Crippen LogP contribution in [0.1, 0.15) is 32.3 Å². The van der Waals surface area contributed by atoms with Gasteiger partial charge >= 0.3 is 0 Å². The molecule has 6 nitrogen and oxygen atoms in total. The molecule has 1 aromatic carbocycles. The molecule has 1 heterocycles. The maximum Gasteiger partial charge on any atom is 0.222 e. The Kier molecular flexibility index (Phi) is 6.70. The number of carbonyl (C=O) groups is 1. The van der Waals surface area contributed by atoms with Gasteiger partial charge in [-0.1, -0.05) is 0 Å². The first-order valence-electron chi connectivity index (χ1n) is 8.94. The molecule has 2 N–H and O–H groups in total. The van der Waals surface area contributed by atoms with E-state index in [0.717, 1.165) is 24.3 Å². The lowest BCUT2D eigenvalue weighted by Crippen LogP contribution is -2.36. The molecule has 1 aliphatic heterocycles. The van der Waals surface area contributed by atoms with Crippen molar-refractivity contribution >= 4 is 27.1 Å². The van der Waals surface area contributed by atoms with E-state index >= 15 is 0 Å². The van der Waals surface area contributed by atoms with E-state index < -0.39 is 9.84 Å². The molecule has 1 amide bonds. The van der Waals surface area contributed by atoms with Crippen molar-refractivity contribution in [2.24, 2.45) is 0 Å². The molecule has 7 heteroatoms. The van der Waals surface area contributed by atoms with Crippen molar-refractivity contribution in [3.8, 4) is 0 Å². The van der Waals surface area contributed by atoms with E-state index in [1.54, 1.807) is 0 Å². The molecular weight excluding hydrogens is 338 g/mol. The predicted molar refractivity (Wildman–Crippen MR) is 103 cm³/mol. The van der Waals surface area contributed by atoms with Gasteiger partial charge in [0.05, 0.1) is 11.5 Å². The van der Waals surface area contributed by atoms with E-state index in [1.807, 2.05) is 6.07 Å². The van der Waals surface area contributed by atoms with Gasteiger partial charge in [-0.15, -0.1) is 0 Å². The van der Waals surface area contributed by atoms with Crippen LogP contribution < -0.4 is 15.5 Å². The van der Waals surface area contributed by atoms with Crippen LogP contribution in [0.25, 0.3) is 0 Å². The highest BCUT2D eigenvalue weighted by molar-refractivity contribution is 7.91. The van der Waals surface area contributed by atoms with Gasteiger partial charge in [-0.3, -0.25) is 4.79 Å². The van der Waals surface area contributed by atoms with Crippen molar-refractivity contribution in [2.45, 2.75) is 39.7 Å². The Morgan fingerprint density at radius 2 is 2.00 bits per heavy atom. The highest BCUT2D eigenvalue weighted by Gasteiger charge is 2.28. The highest BCUT2D eigenvalue weighted by Crippen LogP contribution is 2.22. The molecule has 140 valence electrons. The fraction of sp³-hybridized carbons (Fsp3) is 0.611. The number of anilines is 2. The summed E-state index contributed by atoms with van der Waals surface area (Å²) in [4.78, 5) is 14.2. The number of hydrogen-bond acceptors (Lipinski definition) is 5. The van der Waals surface area contributed by atoms with Crippen molar-refractivity contribution in [1.29, 1.82) is 0 Å². The van der Waals surface area contributed by atoms with Gasteiger partial charge in [-0.05, 0) is 51.0 Å². The standard InChI is InChI=1S/C18H29N3O3S/c1-4-21(5-2)16-6-7-17(14(3)12-16)19-10-8-18(22)20-15-9-11-25(23,24)13-15/h6-7,12,15,19H,4-5,8-11,13H2,1-3H3,(H,20,22). The average molecular weight is 368 g/mol. The first-order valence-corrected chi connectivity index (χ1v) is 10.8. The summed E-state index contributed by atoms with van der Waals surface area (Å²) in [5.74, 6) is 0.138. The highest BCUT2D eigenvalue weighted by atomic mass is 32.2. The fourth-order valence-corrected chi connectivity index (χ4v) is 4.82. The second-order valence-corrected chi connectivity index (χ2v) is 8.74. The molecule has 1 saturated heterocycles. The summed E-state index contributed by atoms with van der Waals surface area (Å²) in [5.41, 5.74) is 3.37. The van der Waals surface area contributed by atoms with Crippen LogP contribution in [0.5, 0.6) is 0 Å². The molecule has 0 saturated carbocycles. The smallest absolute Gasteiger partial charge is 0.222 e. The van der Waals surface area contributed by atoms with Gasteiger partial charge in [0.1, 0.15) is 0 Å². The average Bonchev–Trinajstić information content (AvgIpc) is 2.89. The Bertz CT molecular complexity index is 700. The van der Waals surface area contributed by atoms with Crippen LogP contribution in [0, 0.1) is 6.92 Å². The second-order valence-electron chi connectivity index (χ2n) is 6.52. The second kappa shape index (κ2) is 8.56. The summed E-state index contributed by atoms with van der Waals surface area (Å²) < 4.78 is 22.8. The number of sulfone groups is 1. The molecule has 2 rings (SSSR count). The first kappa shape index (κ1) is 19.6. The van der Waals surface area contributed by atoms with Gasteiger partial charge in [0.25, 0.3) is 0 Å². The number of hydrogen-bond donors (Lipinski definition) is 2. The van der Waals surface area contributed by atoms with E-state index in [0.29, 0.717) is 19.4 Å². The number of carbonyl (C=O) groups excluding carboxylic acids is 1. The molecule has 25 heavy (non-hydrogen) atoms. The van der Waals surface area contributed by atoms with E-state index in [4.69, 9.17) is 0 Å². The number of rotatable bonds is 8. The number of nitrogens with zero attached hydrogens (tertiary/aromatic N) is 1. The number of benzene rings is 1. The minimum atomic E-state index is -2.96. The van der Waals surface area contributed by atoms with Gasteiger partial charge in [0, 0.05) is 43.5 Å². The van der Waals surface area contributed by atoms with Crippen LogP contribution in [0.3, 0.4) is 0 Å². The molecule has 0 aromatic heterocycles. The molecule has 0 radical (unpaired) electrons. The SMILES string of the molecule is CCN(CC)c1ccc(NCCC(=O)NC2CCS(=O)(=O)C2)c(C)c1.